The number of hydrogen-bond acceptors (Lipinski definition) is 4. The van der Waals surface area contributed by atoms with Crippen LogP contribution in [0.5, 0.6) is 5.75 Å². The second-order valence-corrected chi connectivity index (χ2v) is 10.1. The van der Waals surface area contributed by atoms with Gasteiger partial charge >= 0.3 is 12.4 Å². The Kier molecular flexibility index (Phi) is 11.4. The van der Waals surface area contributed by atoms with Gasteiger partial charge in [-0.3, -0.25) is 14.7 Å². The molecule has 1 N–H and O–H groups in total. The lowest BCUT2D eigenvalue weighted by Gasteiger charge is -2.41. The third-order valence-electron chi connectivity index (χ3n) is 7.32. The van der Waals surface area contributed by atoms with Crippen LogP contribution in [0.1, 0.15) is 32.6 Å². The molecule has 0 saturated carbocycles. The number of rotatable bonds is 5. The molecule has 240 valence electrons. The molecular formula is C31H28Cl2F6N4O2. The minimum Gasteiger partial charge on any atom is -0.495 e. The highest BCUT2D eigenvalue weighted by molar-refractivity contribution is 5.95. The van der Waals surface area contributed by atoms with Gasteiger partial charge in [0.2, 0.25) is 0 Å². The zero-order chi connectivity index (χ0) is 30.8. The van der Waals surface area contributed by atoms with Gasteiger partial charge in [-0.05, 0) is 42.3 Å². The van der Waals surface area contributed by atoms with Crippen molar-refractivity contribution in [3.8, 4) is 17.6 Å². The van der Waals surface area contributed by atoms with Gasteiger partial charge in [0.1, 0.15) is 5.75 Å². The molecule has 2 aromatic carbocycles. The Bertz CT molecular complexity index is 1660. The highest BCUT2D eigenvalue weighted by Crippen LogP contribution is 2.37. The number of nitrogens with zero attached hydrogens (tertiary/aromatic N) is 3. The molecule has 14 heteroatoms. The molecule has 3 heterocycles. The highest BCUT2D eigenvalue weighted by Gasteiger charge is 2.39. The van der Waals surface area contributed by atoms with Crippen molar-refractivity contribution >= 4 is 41.6 Å². The third-order valence-corrected chi connectivity index (χ3v) is 7.32. The smallest absolute Gasteiger partial charge is 0.416 e. The normalized spacial score (nSPS) is 15.4. The van der Waals surface area contributed by atoms with Gasteiger partial charge in [0, 0.05) is 60.7 Å². The summed E-state index contributed by atoms with van der Waals surface area (Å²) in [4.78, 5) is 24.2. The second kappa shape index (κ2) is 14.5. The van der Waals surface area contributed by atoms with Crippen molar-refractivity contribution in [2.24, 2.45) is 0 Å². The van der Waals surface area contributed by atoms with E-state index in [-0.39, 0.29) is 37.4 Å². The topological polar surface area (TPSA) is 61.5 Å². The number of amides is 1. The molecule has 0 bridgehead atoms. The molecule has 1 atom stereocenters. The van der Waals surface area contributed by atoms with E-state index in [9.17, 15) is 31.1 Å². The Balaban J connectivity index is 0.00000276. The summed E-state index contributed by atoms with van der Waals surface area (Å²) in [6.45, 7) is 1.02. The maximum atomic E-state index is 13.7. The number of pyridine rings is 1. The average molecular weight is 673 g/mol. The van der Waals surface area contributed by atoms with Gasteiger partial charge in [-0.15, -0.1) is 24.8 Å². The summed E-state index contributed by atoms with van der Waals surface area (Å²) in [5.41, 5.74) is -1.39. The number of methoxy groups -OCH3 is 1. The lowest BCUT2D eigenvalue weighted by atomic mass is 9.98. The predicted molar refractivity (Wildman–Crippen MR) is 162 cm³/mol. The number of alkyl halides is 6. The fraction of sp³-hybridized carbons (Fsp3) is 0.290. The summed E-state index contributed by atoms with van der Waals surface area (Å²) in [6.07, 6.45) is -4.85. The Labute approximate surface area is 267 Å². The van der Waals surface area contributed by atoms with Gasteiger partial charge in [0.15, 0.2) is 0 Å². The van der Waals surface area contributed by atoms with Crippen LogP contribution < -0.4 is 4.74 Å². The van der Waals surface area contributed by atoms with Crippen LogP contribution in [-0.4, -0.2) is 65.0 Å². The molecule has 0 radical (unpaired) electrons. The number of halogens is 8. The van der Waals surface area contributed by atoms with Crippen molar-refractivity contribution in [3.63, 3.8) is 0 Å². The molecule has 2 aromatic heterocycles. The van der Waals surface area contributed by atoms with Gasteiger partial charge in [-0.1, -0.05) is 30.0 Å². The number of piperazine rings is 1. The first-order valence-corrected chi connectivity index (χ1v) is 13.3. The molecule has 0 unspecified atom stereocenters. The molecule has 1 saturated heterocycles. The van der Waals surface area contributed by atoms with E-state index in [4.69, 9.17) is 4.74 Å². The first-order valence-electron chi connectivity index (χ1n) is 13.3. The van der Waals surface area contributed by atoms with Crippen LogP contribution in [0.15, 0.2) is 67.1 Å². The first kappa shape index (κ1) is 35.6. The largest absolute Gasteiger partial charge is 0.495 e. The van der Waals surface area contributed by atoms with E-state index in [0.29, 0.717) is 49.5 Å². The Morgan fingerprint density at radius 3 is 2.38 bits per heavy atom. The zero-order valence-electron chi connectivity index (χ0n) is 23.7. The zero-order valence-corrected chi connectivity index (χ0v) is 25.3. The molecule has 0 spiro atoms. The minimum atomic E-state index is -5.06. The summed E-state index contributed by atoms with van der Waals surface area (Å²) in [5.74, 6) is 5.76. The standard InChI is InChI=1S/C31H26F6N4O2.2ClH/c1-43-28-8-9-38-17-20(28)5-4-10-40-11-12-41(25(19-40)15-22-18-39-27-7-3-2-6-26(22)27)29(42)21-13-23(30(32,33)34)16-24(14-21)31(35,36)37;;/h2-3,6-9,13-14,16-18,25,39H,10-12,15,19H2,1H3;2*1H/t25-;;/m1../s1. The monoisotopic (exact) mass is 672 g/mol. The molecule has 0 aliphatic carbocycles. The van der Waals surface area contributed by atoms with Crippen molar-refractivity contribution < 1.29 is 35.9 Å². The van der Waals surface area contributed by atoms with Crippen LogP contribution in [0.4, 0.5) is 26.3 Å². The van der Waals surface area contributed by atoms with Crippen LogP contribution in [0.2, 0.25) is 0 Å². The number of fused-ring (bicyclic) bond motifs is 1. The van der Waals surface area contributed by atoms with E-state index in [1.807, 2.05) is 29.2 Å². The van der Waals surface area contributed by atoms with Gasteiger partial charge in [-0.25, -0.2) is 0 Å². The van der Waals surface area contributed by atoms with Crippen molar-refractivity contribution in [2.75, 3.05) is 33.3 Å². The molecule has 1 amide bonds. The molecule has 4 aromatic rings. The van der Waals surface area contributed by atoms with Gasteiger partial charge in [0.05, 0.1) is 30.3 Å². The van der Waals surface area contributed by atoms with Gasteiger partial charge < -0.3 is 14.6 Å². The fourth-order valence-electron chi connectivity index (χ4n) is 5.20. The van der Waals surface area contributed by atoms with Gasteiger partial charge in [0.25, 0.3) is 5.91 Å². The molecule has 45 heavy (non-hydrogen) atoms. The van der Waals surface area contributed by atoms with Crippen molar-refractivity contribution in [1.82, 2.24) is 19.8 Å². The number of carbonyl (C=O) groups excluding carboxylic acids is 1. The van der Waals surface area contributed by atoms with E-state index in [2.05, 4.69) is 21.8 Å². The van der Waals surface area contributed by atoms with E-state index < -0.39 is 41.0 Å². The quantitative estimate of drug-likeness (QED) is 0.186. The number of nitrogens with one attached hydrogen (secondary N) is 1. The number of aromatic nitrogens is 2. The Morgan fingerprint density at radius 1 is 1.02 bits per heavy atom. The number of para-hydroxylation sites is 1. The lowest BCUT2D eigenvalue weighted by molar-refractivity contribution is -0.143. The van der Waals surface area contributed by atoms with Crippen LogP contribution in [0.25, 0.3) is 10.9 Å². The number of aromatic amines is 1. The molecule has 6 nitrogen and oxygen atoms in total. The fourth-order valence-corrected chi connectivity index (χ4v) is 5.20. The summed E-state index contributed by atoms with van der Waals surface area (Å²) in [5, 5.41) is 0.911. The van der Waals surface area contributed by atoms with Crippen LogP contribution in [-0.2, 0) is 18.8 Å². The van der Waals surface area contributed by atoms with Gasteiger partial charge in [-0.2, -0.15) is 26.3 Å². The summed E-state index contributed by atoms with van der Waals surface area (Å²) in [7, 11) is 1.52. The van der Waals surface area contributed by atoms with Crippen molar-refractivity contribution in [1.29, 1.82) is 0 Å². The van der Waals surface area contributed by atoms with Crippen molar-refractivity contribution in [3.05, 3.63) is 94.9 Å². The maximum absolute atomic E-state index is 13.7. The number of hydrogen-bond donors (Lipinski definition) is 1. The molecule has 5 rings (SSSR count). The van der Waals surface area contributed by atoms with Crippen LogP contribution in [0.3, 0.4) is 0 Å². The third kappa shape index (κ3) is 8.22. The highest BCUT2D eigenvalue weighted by atomic mass is 35.5. The average Bonchev–Trinajstić information content (AvgIpc) is 3.39. The van der Waals surface area contributed by atoms with Crippen LogP contribution >= 0.6 is 24.8 Å². The van der Waals surface area contributed by atoms with E-state index in [1.54, 1.807) is 24.7 Å². The molecule has 1 fully saturated rings. The minimum absolute atomic E-state index is 0. The Hall–Kier alpha value is -3.92. The second-order valence-electron chi connectivity index (χ2n) is 10.1. The Morgan fingerprint density at radius 2 is 1.71 bits per heavy atom. The number of carbonyl (C=O) groups is 1. The molecule has 1 aliphatic rings. The molecular weight excluding hydrogens is 645 g/mol. The van der Waals surface area contributed by atoms with Crippen molar-refractivity contribution in [2.45, 2.75) is 24.8 Å². The van der Waals surface area contributed by atoms with Crippen LogP contribution in [0, 0.1) is 11.8 Å². The first-order chi connectivity index (χ1) is 20.4. The van der Waals surface area contributed by atoms with E-state index in [0.717, 1.165) is 16.5 Å². The predicted octanol–water partition coefficient (Wildman–Crippen LogP) is 6.87. The number of H-pyrrole nitrogens is 1. The maximum Gasteiger partial charge on any atom is 0.416 e. The summed E-state index contributed by atoms with van der Waals surface area (Å²) in [6, 6.07) is 9.64. The number of benzene rings is 2. The summed E-state index contributed by atoms with van der Waals surface area (Å²) >= 11 is 0. The lowest BCUT2D eigenvalue weighted by Crippen LogP contribution is -2.56. The van der Waals surface area contributed by atoms with E-state index in [1.165, 1.54) is 12.0 Å². The van der Waals surface area contributed by atoms with E-state index >= 15 is 0 Å². The number of ether oxygens (including phenoxy) is 1. The SMILES string of the molecule is COc1ccncc1C#CCN1CCN(C(=O)c2cc(C(F)(F)F)cc(C(F)(F)F)c2)[C@H](Cc2c[nH]c3ccccc23)C1.Cl.Cl. The summed E-state index contributed by atoms with van der Waals surface area (Å²) < 4.78 is 86.5. The molecule has 1 aliphatic heterocycles.